The third kappa shape index (κ3) is 2.84. The highest BCUT2D eigenvalue weighted by molar-refractivity contribution is 5.10. The van der Waals surface area contributed by atoms with Gasteiger partial charge in [-0.1, -0.05) is 13.8 Å². The zero-order valence-corrected chi connectivity index (χ0v) is 12.6. The van der Waals surface area contributed by atoms with E-state index in [-0.39, 0.29) is 5.60 Å². The molecule has 0 bridgehead atoms. The van der Waals surface area contributed by atoms with Crippen LogP contribution >= 0.6 is 0 Å². The Morgan fingerprint density at radius 3 is 2.32 bits per heavy atom. The molecule has 3 heteroatoms. The molecule has 1 aliphatic carbocycles. The van der Waals surface area contributed by atoms with E-state index in [0.29, 0.717) is 5.41 Å². The normalized spacial score (nSPS) is 30.3. The van der Waals surface area contributed by atoms with E-state index in [1.807, 2.05) is 0 Å². The lowest BCUT2D eigenvalue weighted by Gasteiger charge is -2.59. The van der Waals surface area contributed by atoms with Crippen LogP contribution in [0.15, 0.2) is 0 Å². The fourth-order valence-corrected chi connectivity index (χ4v) is 4.46. The zero-order valence-electron chi connectivity index (χ0n) is 12.6. The first kappa shape index (κ1) is 13.8. The van der Waals surface area contributed by atoms with Crippen molar-refractivity contribution >= 4 is 0 Å². The Bertz CT molecular complexity index is 309. The molecule has 2 N–H and O–H groups in total. The van der Waals surface area contributed by atoms with Crippen LogP contribution in [0.25, 0.3) is 0 Å². The van der Waals surface area contributed by atoms with Gasteiger partial charge in [0.1, 0.15) is 0 Å². The second kappa shape index (κ2) is 5.01. The van der Waals surface area contributed by atoms with Gasteiger partial charge in [-0.3, -0.25) is 0 Å². The number of nitrogens with zero attached hydrogens (tertiary/aromatic N) is 1. The monoisotopic (exact) mass is 266 g/mol. The van der Waals surface area contributed by atoms with Gasteiger partial charge in [-0.2, -0.15) is 0 Å². The minimum atomic E-state index is -0.336. The maximum atomic E-state index is 10.5. The van der Waals surface area contributed by atoms with Crippen LogP contribution < -0.4 is 5.32 Å². The van der Waals surface area contributed by atoms with Crippen molar-refractivity contribution in [3.8, 4) is 0 Å². The molecule has 2 aliphatic heterocycles. The molecule has 3 nitrogen and oxygen atoms in total. The van der Waals surface area contributed by atoms with E-state index in [1.54, 1.807) is 0 Å². The zero-order chi connectivity index (χ0) is 13.5. The number of rotatable bonds is 4. The van der Waals surface area contributed by atoms with Gasteiger partial charge in [0.2, 0.25) is 0 Å². The third-order valence-electron chi connectivity index (χ3n) is 5.88. The molecule has 0 unspecified atom stereocenters. The van der Waals surface area contributed by atoms with E-state index in [0.717, 1.165) is 50.7 Å². The lowest BCUT2D eigenvalue weighted by atomic mass is 9.55. The van der Waals surface area contributed by atoms with Crippen LogP contribution in [0.2, 0.25) is 0 Å². The minimum Gasteiger partial charge on any atom is -0.390 e. The summed E-state index contributed by atoms with van der Waals surface area (Å²) in [4.78, 5) is 2.57. The number of nitrogens with one attached hydrogen (secondary N) is 1. The van der Waals surface area contributed by atoms with Crippen molar-refractivity contribution in [3.05, 3.63) is 0 Å². The Hall–Kier alpha value is -0.120. The molecule has 2 heterocycles. The second-order valence-electron chi connectivity index (χ2n) is 7.85. The summed E-state index contributed by atoms with van der Waals surface area (Å²) in [5.74, 6) is 1.76. The molecule has 3 fully saturated rings. The van der Waals surface area contributed by atoms with Gasteiger partial charge in [0.05, 0.1) is 5.60 Å². The molecule has 2 saturated heterocycles. The maximum absolute atomic E-state index is 10.5. The Balaban J connectivity index is 1.37. The maximum Gasteiger partial charge on any atom is 0.0672 e. The summed E-state index contributed by atoms with van der Waals surface area (Å²) in [6, 6.07) is 0. The van der Waals surface area contributed by atoms with Gasteiger partial charge >= 0.3 is 0 Å². The summed E-state index contributed by atoms with van der Waals surface area (Å²) < 4.78 is 0. The van der Waals surface area contributed by atoms with E-state index in [4.69, 9.17) is 0 Å². The predicted octanol–water partition coefficient (Wildman–Crippen LogP) is 1.86. The molecular formula is C16H30N2O. The van der Waals surface area contributed by atoms with Crippen LogP contribution in [0.3, 0.4) is 0 Å². The molecule has 0 aromatic rings. The van der Waals surface area contributed by atoms with Crippen LogP contribution in [0.4, 0.5) is 0 Å². The average Bonchev–Trinajstić information content (AvgIpc) is 2.31. The summed E-state index contributed by atoms with van der Waals surface area (Å²) in [6.07, 6.45) is 5.76. The van der Waals surface area contributed by atoms with Crippen molar-refractivity contribution in [3.63, 3.8) is 0 Å². The first-order valence-electron chi connectivity index (χ1n) is 8.16. The van der Waals surface area contributed by atoms with Gasteiger partial charge < -0.3 is 15.3 Å². The molecule has 0 aromatic carbocycles. The summed E-state index contributed by atoms with van der Waals surface area (Å²) >= 11 is 0. The van der Waals surface area contributed by atoms with E-state index >= 15 is 0 Å². The molecule has 0 atom stereocenters. The average molecular weight is 266 g/mol. The highest BCUT2D eigenvalue weighted by Gasteiger charge is 2.56. The van der Waals surface area contributed by atoms with Gasteiger partial charge in [0.25, 0.3) is 0 Å². The fourth-order valence-electron chi connectivity index (χ4n) is 4.46. The Labute approximate surface area is 117 Å². The molecule has 3 aliphatic rings. The van der Waals surface area contributed by atoms with Crippen molar-refractivity contribution in [1.29, 1.82) is 0 Å². The summed E-state index contributed by atoms with van der Waals surface area (Å²) in [7, 11) is 0. The standard InChI is InChI=1S/C16H30N2O/c1-13(2)14-3-6-18(7-4-14)8-5-16(19)9-15(10-16)11-17-12-15/h13-14,17,19H,3-12H2,1-2H3. The Morgan fingerprint density at radius 1 is 1.21 bits per heavy atom. The van der Waals surface area contributed by atoms with Crippen LogP contribution in [-0.4, -0.2) is 48.3 Å². The second-order valence-corrected chi connectivity index (χ2v) is 7.85. The van der Waals surface area contributed by atoms with Crippen molar-refractivity contribution < 1.29 is 5.11 Å². The van der Waals surface area contributed by atoms with E-state index < -0.39 is 0 Å². The van der Waals surface area contributed by atoms with Gasteiger partial charge in [0, 0.05) is 25.0 Å². The molecule has 3 rings (SSSR count). The lowest BCUT2D eigenvalue weighted by molar-refractivity contribution is -0.155. The molecular weight excluding hydrogens is 236 g/mol. The Morgan fingerprint density at radius 2 is 1.84 bits per heavy atom. The molecule has 0 radical (unpaired) electrons. The van der Waals surface area contributed by atoms with E-state index in [2.05, 4.69) is 24.1 Å². The predicted molar refractivity (Wildman–Crippen MR) is 78.1 cm³/mol. The third-order valence-corrected chi connectivity index (χ3v) is 5.88. The number of likely N-dealkylation sites (tertiary alicyclic amines) is 1. The van der Waals surface area contributed by atoms with Crippen molar-refractivity contribution in [1.82, 2.24) is 10.2 Å². The lowest BCUT2D eigenvalue weighted by Crippen LogP contribution is -2.67. The number of aliphatic hydroxyl groups is 1. The van der Waals surface area contributed by atoms with Crippen LogP contribution in [0, 0.1) is 17.3 Å². The molecule has 0 aromatic heterocycles. The number of piperidine rings is 1. The van der Waals surface area contributed by atoms with Crippen molar-refractivity contribution in [2.75, 3.05) is 32.7 Å². The molecule has 110 valence electrons. The van der Waals surface area contributed by atoms with Gasteiger partial charge in [-0.25, -0.2) is 0 Å². The topological polar surface area (TPSA) is 35.5 Å². The minimum absolute atomic E-state index is 0.336. The van der Waals surface area contributed by atoms with Crippen LogP contribution in [0.5, 0.6) is 0 Å². The molecule has 19 heavy (non-hydrogen) atoms. The Kier molecular flexibility index (Phi) is 3.65. The summed E-state index contributed by atoms with van der Waals surface area (Å²) in [5, 5.41) is 13.9. The first-order valence-corrected chi connectivity index (χ1v) is 8.16. The molecule has 1 spiro atoms. The number of hydrogen-bond donors (Lipinski definition) is 2. The van der Waals surface area contributed by atoms with Crippen molar-refractivity contribution in [2.24, 2.45) is 17.3 Å². The highest BCUT2D eigenvalue weighted by Crippen LogP contribution is 2.52. The number of hydrogen-bond acceptors (Lipinski definition) is 3. The van der Waals surface area contributed by atoms with Gasteiger partial charge in [-0.05, 0) is 57.0 Å². The van der Waals surface area contributed by atoms with Gasteiger partial charge in [0.15, 0.2) is 0 Å². The SMILES string of the molecule is CC(C)C1CCN(CCC2(O)CC3(CNC3)C2)CC1. The first-order chi connectivity index (χ1) is 9.00. The van der Waals surface area contributed by atoms with Crippen LogP contribution in [0.1, 0.15) is 46.0 Å². The smallest absolute Gasteiger partial charge is 0.0672 e. The largest absolute Gasteiger partial charge is 0.390 e. The fraction of sp³-hybridized carbons (Fsp3) is 1.00. The van der Waals surface area contributed by atoms with E-state index in [9.17, 15) is 5.11 Å². The highest BCUT2D eigenvalue weighted by atomic mass is 16.3. The molecule has 0 amide bonds. The van der Waals surface area contributed by atoms with Crippen LogP contribution in [-0.2, 0) is 0 Å². The van der Waals surface area contributed by atoms with Gasteiger partial charge in [-0.15, -0.1) is 0 Å². The summed E-state index contributed by atoms with van der Waals surface area (Å²) in [5.41, 5.74) is 0.149. The molecule has 1 saturated carbocycles. The van der Waals surface area contributed by atoms with E-state index in [1.165, 1.54) is 25.9 Å². The summed E-state index contributed by atoms with van der Waals surface area (Å²) in [6.45, 7) is 10.6. The quantitative estimate of drug-likeness (QED) is 0.815. The van der Waals surface area contributed by atoms with Crippen molar-refractivity contribution in [2.45, 2.75) is 51.6 Å².